The minimum absolute atomic E-state index is 0. The molecule has 31 heavy (non-hydrogen) atoms. The molecule has 2 heterocycles. The molecule has 1 atom stereocenters. The van der Waals surface area contributed by atoms with Crippen molar-refractivity contribution in [2.75, 3.05) is 46.3 Å². The number of amides is 2. The number of likely N-dealkylation sites (N-methyl/N-ethyl adjacent to an activating group) is 1. The predicted molar refractivity (Wildman–Crippen MR) is 122 cm³/mol. The lowest BCUT2D eigenvalue weighted by Gasteiger charge is -2.34. The van der Waals surface area contributed by atoms with E-state index in [0.29, 0.717) is 25.1 Å². The summed E-state index contributed by atoms with van der Waals surface area (Å²) in [5.41, 5.74) is 2.42. The standard InChI is InChI=1S/C24H33N3O3.H2O/c1-5-19(23(29)26-12-10-25(4)11-13-26)14-18-8-9-27(16-18)24(30)21-15-20(17(2)3)6-7-22(21)28;/h5-8,15,17,19,28H,1,9-14,16H2,2-4H3;1H2. The molecule has 2 amide bonds. The maximum atomic E-state index is 13.0. The zero-order valence-electron chi connectivity index (χ0n) is 18.8. The summed E-state index contributed by atoms with van der Waals surface area (Å²) in [5, 5.41) is 10.2. The first kappa shape index (κ1) is 24.6. The van der Waals surface area contributed by atoms with Crippen LogP contribution in [0.5, 0.6) is 5.75 Å². The molecule has 7 heteroatoms. The second-order valence-electron chi connectivity index (χ2n) is 8.65. The molecule has 0 spiro atoms. The molecule has 1 aromatic rings. The van der Waals surface area contributed by atoms with Crippen LogP contribution in [0.15, 0.2) is 42.5 Å². The molecule has 3 rings (SSSR count). The van der Waals surface area contributed by atoms with Crippen LogP contribution in [0.4, 0.5) is 0 Å². The fourth-order valence-corrected chi connectivity index (χ4v) is 3.99. The molecule has 1 fully saturated rings. The highest BCUT2D eigenvalue weighted by Crippen LogP contribution is 2.27. The van der Waals surface area contributed by atoms with Gasteiger partial charge in [-0.3, -0.25) is 9.59 Å². The number of aromatic hydroxyl groups is 1. The van der Waals surface area contributed by atoms with Gasteiger partial charge in [0.05, 0.1) is 11.5 Å². The van der Waals surface area contributed by atoms with E-state index >= 15 is 0 Å². The van der Waals surface area contributed by atoms with Crippen LogP contribution in [-0.4, -0.2) is 83.4 Å². The number of hydrogen-bond acceptors (Lipinski definition) is 4. The third-order valence-corrected chi connectivity index (χ3v) is 6.10. The van der Waals surface area contributed by atoms with Crippen LogP contribution >= 0.6 is 0 Å². The fourth-order valence-electron chi connectivity index (χ4n) is 3.99. The first-order valence-corrected chi connectivity index (χ1v) is 10.7. The normalized spacial score (nSPS) is 17.9. The monoisotopic (exact) mass is 429 g/mol. The van der Waals surface area contributed by atoms with E-state index < -0.39 is 0 Å². The van der Waals surface area contributed by atoms with Gasteiger partial charge in [-0.25, -0.2) is 0 Å². The third-order valence-electron chi connectivity index (χ3n) is 6.10. The second kappa shape index (κ2) is 10.6. The molecule has 1 unspecified atom stereocenters. The van der Waals surface area contributed by atoms with Gasteiger partial charge in [-0.1, -0.05) is 37.6 Å². The molecule has 2 aliphatic heterocycles. The number of hydrogen-bond donors (Lipinski definition) is 1. The Bertz CT molecular complexity index is 841. The highest BCUT2D eigenvalue weighted by atomic mass is 16.3. The lowest BCUT2D eigenvalue weighted by atomic mass is 9.97. The van der Waals surface area contributed by atoms with E-state index in [9.17, 15) is 14.7 Å². The van der Waals surface area contributed by atoms with E-state index in [1.807, 2.05) is 17.0 Å². The summed E-state index contributed by atoms with van der Waals surface area (Å²) in [7, 11) is 2.07. The van der Waals surface area contributed by atoms with Gasteiger partial charge < -0.3 is 25.3 Å². The van der Waals surface area contributed by atoms with Crippen LogP contribution in [0.3, 0.4) is 0 Å². The minimum Gasteiger partial charge on any atom is -0.507 e. The molecule has 3 N–H and O–H groups in total. The van der Waals surface area contributed by atoms with Crippen molar-refractivity contribution in [3.05, 3.63) is 53.6 Å². The van der Waals surface area contributed by atoms with Crippen LogP contribution in [0.1, 0.15) is 42.1 Å². The van der Waals surface area contributed by atoms with E-state index in [0.717, 1.165) is 37.3 Å². The van der Waals surface area contributed by atoms with Gasteiger partial charge >= 0.3 is 0 Å². The topological polar surface area (TPSA) is 95.6 Å². The summed E-state index contributed by atoms with van der Waals surface area (Å²) in [4.78, 5) is 31.7. The summed E-state index contributed by atoms with van der Waals surface area (Å²) >= 11 is 0. The zero-order valence-corrected chi connectivity index (χ0v) is 18.8. The van der Waals surface area contributed by atoms with E-state index in [1.54, 1.807) is 23.1 Å². The molecule has 170 valence electrons. The van der Waals surface area contributed by atoms with Crippen molar-refractivity contribution in [2.24, 2.45) is 5.92 Å². The number of benzene rings is 1. The van der Waals surface area contributed by atoms with Gasteiger partial charge in [0.15, 0.2) is 0 Å². The van der Waals surface area contributed by atoms with Crippen LogP contribution in [0.2, 0.25) is 0 Å². The van der Waals surface area contributed by atoms with Crippen molar-refractivity contribution in [3.8, 4) is 5.75 Å². The predicted octanol–water partition coefficient (Wildman–Crippen LogP) is 2.04. The highest BCUT2D eigenvalue weighted by Gasteiger charge is 2.29. The van der Waals surface area contributed by atoms with Crippen molar-refractivity contribution in [2.45, 2.75) is 26.2 Å². The Balaban J connectivity index is 0.00000341. The summed E-state index contributed by atoms with van der Waals surface area (Å²) in [6.45, 7) is 12.2. The smallest absolute Gasteiger partial charge is 0.258 e. The van der Waals surface area contributed by atoms with Crippen LogP contribution < -0.4 is 0 Å². The maximum Gasteiger partial charge on any atom is 0.258 e. The van der Waals surface area contributed by atoms with Crippen molar-refractivity contribution in [1.29, 1.82) is 0 Å². The molecule has 2 aliphatic rings. The molecule has 7 nitrogen and oxygen atoms in total. The molecule has 0 saturated carbocycles. The van der Waals surface area contributed by atoms with Crippen LogP contribution in [0, 0.1) is 5.92 Å². The van der Waals surface area contributed by atoms with Crippen molar-refractivity contribution in [1.82, 2.24) is 14.7 Å². The lowest BCUT2D eigenvalue weighted by Crippen LogP contribution is -2.48. The van der Waals surface area contributed by atoms with Crippen molar-refractivity contribution >= 4 is 11.8 Å². The second-order valence-corrected chi connectivity index (χ2v) is 8.65. The summed E-state index contributed by atoms with van der Waals surface area (Å²) in [6, 6.07) is 5.22. The minimum atomic E-state index is -0.271. The maximum absolute atomic E-state index is 13.0. The van der Waals surface area contributed by atoms with Crippen molar-refractivity contribution < 1.29 is 20.2 Å². The Hall–Kier alpha value is -2.64. The van der Waals surface area contributed by atoms with Gasteiger partial charge in [0.25, 0.3) is 5.91 Å². The quantitative estimate of drug-likeness (QED) is 0.700. The first-order valence-electron chi connectivity index (χ1n) is 10.7. The number of carbonyl (C=O) groups excluding carboxylic acids is 2. The summed E-state index contributed by atoms with van der Waals surface area (Å²) in [5.74, 6) is -0.0503. The van der Waals surface area contributed by atoms with Gasteiger partial charge in [-0.05, 0) is 37.1 Å². The molecule has 0 bridgehead atoms. The molecule has 0 aromatic heterocycles. The number of phenolic OH excluding ortho intramolecular Hbond substituents is 1. The zero-order chi connectivity index (χ0) is 21.8. The molecule has 1 saturated heterocycles. The Morgan fingerprint density at radius 2 is 1.84 bits per heavy atom. The van der Waals surface area contributed by atoms with Gasteiger partial charge in [-0.15, -0.1) is 6.58 Å². The number of nitrogens with zero attached hydrogens (tertiary/aromatic N) is 3. The van der Waals surface area contributed by atoms with Gasteiger partial charge in [0.2, 0.25) is 5.91 Å². The average molecular weight is 430 g/mol. The van der Waals surface area contributed by atoms with E-state index in [4.69, 9.17) is 0 Å². The Labute approximate surface area is 184 Å². The summed E-state index contributed by atoms with van der Waals surface area (Å²) in [6.07, 6.45) is 4.33. The number of piperazine rings is 1. The number of phenols is 1. The molecule has 0 aliphatic carbocycles. The van der Waals surface area contributed by atoms with Gasteiger partial charge in [0.1, 0.15) is 5.75 Å². The molecule has 1 aromatic carbocycles. The Morgan fingerprint density at radius 3 is 2.45 bits per heavy atom. The van der Waals surface area contributed by atoms with Crippen LogP contribution in [-0.2, 0) is 4.79 Å². The molecular weight excluding hydrogens is 394 g/mol. The third kappa shape index (κ3) is 5.74. The average Bonchev–Trinajstić information content (AvgIpc) is 3.20. The molecule has 0 radical (unpaired) electrons. The summed E-state index contributed by atoms with van der Waals surface area (Å²) < 4.78 is 0. The van der Waals surface area contributed by atoms with E-state index in [2.05, 4.69) is 32.4 Å². The lowest BCUT2D eigenvalue weighted by molar-refractivity contribution is -0.135. The largest absolute Gasteiger partial charge is 0.507 e. The van der Waals surface area contributed by atoms with E-state index in [1.165, 1.54) is 0 Å². The molecular formula is C24H35N3O4. The SMILES string of the molecule is C=CC(CC1=CCN(C(=O)c2cc(C(C)C)ccc2O)C1)C(=O)N1CCN(C)CC1.O. The van der Waals surface area contributed by atoms with Gasteiger partial charge in [0, 0.05) is 39.3 Å². The Morgan fingerprint density at radius 1 is 1.16 bits per heavy atom. The first-order chi connectivity index (χ1) is 14.3. The number of carbonyl (C=O) groups is 2. The fraction of sp³-hybridized carbons (Fsp3) is 0.500. The van der Waals surface area contributed by atoms with E-state index in [-0.39, 0.29) is 34.9 Å². The van der Waals surface area contributed by atoms with Crippen molar-refractivity contribution in [3.63, 3.8) is 0 Å². The Kier molecular flexibility index (Phi) is 8.42. The van der Waals surface area contributed by atoms with Gasteiger partial charge in [-0.2, -0.15) is 0 Å². The highest BCUT2D eigenvalue weighted by molar-refractivity contribution is 5.97. The van der Waals surface area contributed by atoms with Crippen LogP contribution in [0.25, 0.3) is 0 Å². The number of rotatable bonds is 6.